The molecule has 0 saturated heterocycles. The molecule has 0 aliphatic carbocycles. The van der Waals surface area contributed by atoms with Gasteiger partial charge in [0.25, 0.3) is 0 Å². The van der Waals surface area contributed by atoms with Gasteiger partial charge in [-0.3, -0.25) is 9.59 Å². The second kappa shape index (κ2) is 8.12. The lowest BCUT2D eigenvalue weighted by Crippen LogP contribution is -2.38. The quantitative estimate of drug-likeness (QED) is 0.847. The standard InChI is InChI=1S/C14H18Cl2N2O2/c1-3-12(19)18-8-13(20)17-7-9(2)14-10(15)5-4-6-11(14)16/h4-6,9H,3,7-8H2,1-2H3,(H,17,20)(H,18,19)/t9-/m0/s1. The van der Waals surface area contributed by atoms with Crippen molar-refractivity contribution in [2.75, 3.05) is 13.1 Å². The molecule has 1 aromatic carbocycles. The lowest BCUT2D eigenvalue weighted by atomic mass is 10.0. The largest absolute Gasteiger partial charge is 0.354 e. The number of halogens is 2. The smallest absolute Gasteiger partial charge is 0.239 e. The number of rotatable bonds is 6. The van der Waals surface area contributed by atoms with Crippen molar-refractivity contribution in [2.24, 2.45) is 0 Å². The van der Waals surface area contributed by atoms with Gasteiger partial charge in [-0.2, -0.15) is 0 Å². The minimum atomic E-state index is -0.234. The highest BCUT2D eigenvalue weighted by Gasteiger charge is 2.14. The first-order valence-electron chi connectivity index (χ1n) is 6.43. The van der Waals surface area contributed by atoms with E-state index in [2.05, 4.69) is 10.6 Å². The highest BCUT2D eigenvalue weighted by Crippen LogP contribution is 2.30. The average molecular weight is 317 g/mol. The number of carbonyl (C=O) groups is 2. The minimum absolute atomic E-state index is 0.0120. The zero-order valence-electron chi connectivity index (χ0n) is 11.5. The fraction of sp³-hybridized carbons (Fsp3) is 0.429. The highest BCUT2D eigenvalue weighted by molar-refractivity contribution is 6.36. The fourth-order valence-corrected chi connectivity index (χ4v) is 2.49. The molecule has 110 valence electrons. The van der Waals surface area contributed by atoms with Gasteiger partial charge in [0.1, 0.15) is 0 Å². The van der Waals surface area contributed by atoms with Crippen LogP contribution < -0.4 is 10.6 Å². The van der Waals surface area contributed by atoms with Crippen molar-refractivity contribution in [2.45, 2.75) is 26.2 Å². The van der Waals surface area contributed by atoms with Crippen LogP contribution in [0, 0.1) is 0 Å². The Bertz CT molecular complexity index is 472. The van der Waals surface area contributed by atoms with Crippen molar-refractivity contribution in [1.82, 2.24) is 10.6 Å². The van der Waals surface area contributed by atoms with Crippen molar-refractivity contribution in [3.63, 3.8) is 0 Å². The van der Waals surface area contributed by atoms with Gasteiger partial charge in [0.15, 0.2) is 0 Å². The lowest BCUT2D eigenvalue weighted by molar-refractivity contribution is -0.125. The molecule has 6 heteroatoms. The van der Waals surface area contributed by atoms with Gasteiger partial charge in [-0.05, 0) is 17.7 Å². The maximum Gasteiger partial charge on any atom is 0.239 e. The Morgan fingerprint density at radius 1 is 1.15 bits per heavy atom. The normalized spacial score (nSPS) is 11.8. The summed E-state index contributed by atoms with van der Waals surface area (Å²) in [6, 6.07) is 5.31. The molecular formula is C14H18Cl2N2O2. The van der Waals surface area contributed by atoms with Crippen LogP contribution in [0.15, 0.2) is 18.2 Å². The molecule has 0 aliphatic heterocycles. The molecule has 0 radical (unpaired) electrons. The van der Waals surface area contributed by atoms with Crippen molar-refractivity contribution in [3.05, 3.63) is 33.8 Å². The van der Waals surface area contributed by atoms with Crippen LogP contribution in [0.3, 0.4) is 0 Å². The zero-order valence-corrected chi connectivity index (χ0v) is 13.0. The first kappa shape index (κ1) is 16.8. The Hall–Kier alpha value is -1.26. The van der Waals surface area contributed by atoms with Gasteiger partial charge in [-0.25, -0.2) is 0 Å². The molecule has 20 heavy (non-hydrogen) atoms. The van der Waals surface area contributed by atoms with Crippen LogP contribution in [-0.2, 0) is 9.59 Å². The first-order valence-corrected chi connectivity index (χ1v) is 7.18. The van der Waals surface area contributed by atoms with Gasteiger partial charge in [0.05, 0.1) is 6.54 Å². The topological polar surface area (TPSA) is 58.2 Å². The molecule has 0 bridgehead atoms. The number of hydrogen-bond donors (Lipinski definition) is 2. The van der Waals surface area contributed by atoms with Crippen LogP contribution in [0.2, 0.25) is 10.0 Å². The molecule has 2 N–H and O–H groups in total. The van der Waals surface area contributed by atoms with Crippen LogP contribution in [-0.4, -0.2) is 24.9 Å². The van der Waals surface area contributed by atoms with Crippen LogP contribution in [0.5, 0.6) is 0 Å². The summed E-state index contributed by atoms with van der Waals surface area (Å²) in [7, 11) is 0. The Morgan fingerprint density at radius 3 is 2.30 bits per heavy atom. The summed E-state index contributed by atoms with van der Waals surface area (Å²) in [5, 5.41) is 6.42. The van der Waals surface area contributed by atoms with E-state index in [-0.39, 0.29) is 24.3 Å². The molecule has 2 amide bonds. The third kappa shape index (κ3) is 5.02. The highest BCUT2D eigenvalue weighted by atomic mass is 35.5. The molecule has 0 aromatic heterocycles. The SMILES string of the molecule is CCC(=O)NCC(=O)NC[C@H](C)c1c(Cl)cccc1Cl. The van der Waals surface area contributed by atoms with E-state index in [9.17, 15) is 9.59 Å². The number of nitrogens with one attached hydrogen (secondary N) is 2. The first-order chi connectivity index (χ1) is 9.45. The van der Waals surface area contributed by atoms with Crippen LogP contribution in [0.4, 0.5) is 0 Å². The molecule has 1 atom stereocenters. The maximum absolute atomic E-state index is 11.6. The number of carbonyl (C=O) groups excluding carboxylic acids is 2. The van der Waals surface area contributed by atoms with Crippen LogP contribution in [0.1, 0.15) is 31.7 Å². The van der Waals surface area contributed by atoms with Crippen LogP contribution >= 0.6 is 23.2 Å². The monoisotopic (exact) mass is 316 g/mol. The summed E-state index contributed by atoms with van der Waals surface area (Å²) in [5.74, 6) is -0.397. The van der Waals surface area contributed by atoms with Gasteiger partial charge in [-0.15, -0.1) is 0 Å². The van der Waals surface area contributed by atoms with E-state index in [1.165, 1.54) is 0 Å². The molecule has 0 heterocycles. The van der Waals surface area contributed by atoms with E-state index in [0.717, 1.165) is 5.56 Å². The zero-order chi connectivity index (χ0) is 15.1. The Balaban J connectivity index is 2.49. The summed E-state index contributed by atoms with van der Waals surface area (Å²) in [4.78, 5) is 22.6. The Morgan fingerprint density at radius 2 is 1.75 bits per heavy atom. The summed E-state index contributed by atoms with van der Waals surface area (Å²) in [6.07, 6.45) is 0.360. The summed E-state index contributed by atoms with van der Waals surface area (Å²) < 4.78 is 0. The number of benzene rings is 1. The molecule has 0 aliphatic rings. The molecular weight excluding hydrogens is 299 g/mol. The van der Waals surface area contributed by atoms with Gasteiger partial charge in [-0.1, -0.05) is 43.1 Å². The van der Waals surface area contributed by atoms with Gasteiger partial charge in [0.2, 0.25) is 11.8 Å². The summed E-state index contributed by atoms with van der Waals surface area (Å²) in [5.41, 5.74) is 0.814. The molecule has 1 rings (SSSR count). The number of amides is 2. The van der Waals surface area contributed by atoms with Crippen molar-refractivity contribution < 1.29 is 9.59 Å². The van der Waals surface area contributed by atoms with Gasteiger partial charge >= 0.3 is 0 Å². The second-order valence-electron chi connectivity index (χ2n) is 4.47. The van der Waals surface area contributed by atoms with Crippen molar-refractivity contribution in [3.8, 4) is 0 Å². The van der Waals surface area contributed by atoms with Crippen molar-refractivity contribution >= 4 is 35.0 Å². The van der Waals surface area contributed by atoms with Gasteiger partial charge in [0, 0.05) is 28.9 Å². The summed E-state index contributed by atoms with van der Waals surface area (Å²) >= 11 is 12.2. The molecule has 0 saturated carbocycles. The predicted octanol–water partition coefficient (Wildman–Crippen LogP) is 2.74. The van der Waals surface area contributed by atoms with E-state index in [1.54, 1.807) is 25.1 Å². The molecule has 0 unspecified atom stereocenters. The third-order valence-corrected chi connectivity index (χ3v) is 3.52. The van der Waals surface area contributed by atoms with Gasteiger partial charge < -0.3 is 10.6 Å². The number of hydrogen-bond acceptors (Lipinski definition) is 2. The van der Waals surface area contributed by atoms with E-state index in [0.29, 0.717) is 23.0 Å². The second-order valence-corrected chi connectivity index (χ2v) is 5.29. The maximum atomic E-state index is 11.6. The van der Waals surface area contributed by atoms with E-state index >= 15 is 0 Å². The molecule has 0 fully saturated rings. The molecule has 1 aromatic rings. The van der Waals surface area contributed by atoms with Crippen molar-refractivity contribution in [1.29, 1.82) is 0 Å². The lowest BCUT2D eigenvalue weighted by Gasteiger charge is -2.16. The Kier molecular flexibility index (Phi) is 6.82. The van der Waals surface area contributed by atoms with E-state index in [1.807, 2.05) is 6.92 Å². The minimum Gasteiger partial charge on any atom is -0.354 e. The molecule has 4 nitrogen and oxygen atoms in total. The molecule has 0 spiro atoms. The van der Waals surface area contributed by atoms with E-state index < -0.39 is 0 Å². The predicted molar refractivity (Wildman–Crippen MR) is 81.2 cm³/mol. The van der Waals surface area contributed by atoms with E-state index in [4.69, 9.17) is 23.2 Å². The third-order valence-electron chi connectivity index (χ3n) is 2.87. The summed E-state index contributed by atoms with van der Waals surface area (Å²) in [6.45, 7) is 4.05. The fourth-order valence-electron chi connectivity index (χ4n) is 1.72. The average Bonchev–Trinajstić information content (AvgIpc) is 2.42. The Labute approximate surface area is 128 Å². The van der Waals surface area contributed by atoms with Crippen LogP contribution in [0.25, 0.3) is 0 Å².